The number of carbonyl (C=O) groups is 1. The van der Waals surface area contributed by atoms with Crippen molar-refractivity contribution in [1.29, 1.82) is 0 Å². The van der Waals surface area contributed by atoms with Gasteiger partial charge in [0.15, 0.2) is 8.32 Å². The Balaban J connectivity index is 2.72. The highest BCUT2D eigenvalue weighted by molar-refractivity contribution is 6.74. The average Bonchev–Trinajstić information content (AvgIpc) is 2.54. The van der Waals surface area contributed by atoms with Gasteiger partial charge in [-0.2, -0.15) is 0 Å². The van der Waals surface area contributed by atoms with Crippen LogP contribution in [-0.4, -0.2) is 38.7 Å². The molecule has 5 heteroatoms. The second-order valence-corrected chi connectivity index (χ2v) is 13.4. The van der Waals surface area contributed by atoms with Crippen molar-refractivity contribution in [3.63, 3.8) is 0 Å². The second kappa shape index (κ2) is 9.88. The fraction of sp³-hybridized carbons (Fsp3) is 0.850. The third kappa shape index (κ3) is 6.87. The molecule has 0 amide bonds. The highest BCUT2D eigenvalue weighted by atomic mass is 28.4. The minimum Gasteiger partial charge on any atom is -0.463 e. The van der Waals surface area contributed by atoms with Gasteiger partial charge >= 0.3 is 5.97 Å². The standard InChI is InChI=1S/C20H38O4Si/c1-7-23-19(22)17(18(21)16-12-9-8-10-13-16)14-11-15-24-25(5,6)20(2,3)4/h14,16,18,21H,7-13,15H2,1-6H3/b17-14+. The molecule has 0 bridgehead atoms. The number of aliphatic hydroxyl groups excluding tert-OH is 1. The smallest absolute Gasteiger partial charge is 0.336 e. The van der Waals surface area contributed by atoms with Gasteiger partial charge in [0.2, 0.25) is 0 Å². The lowest BCUT2D eigenvalue weighted by molar-refractivity contribution is -0.140. The van der Waals surface area contributed by atoms with Crippen LogP contribution in [0.3, 0.4) is 0 Å². The molecular formula is C20H38O4Si. The fourth-order valence-electron chi connectivity index (χ4n) is 2.99. The van der Waals surface area contributed by atoms with Crippen molar-refractivity contribution in [1.82, 2.24) is 0 Å². The molecule has 1 atom stereocenters. The van der Waals surface area contributed by atoms with Gasteiger partial charge in [-0.05, 0) is 50.2 Å². The van der Waals surface area contributed by atoms with Crippen LogP contribution in [0.15, 0.2) is 11.6 Å². The predicted molar refractivity (Wildman–Crippen MR) is 105 cm³/mol. The van der Waals surface area contributed by atoms with Crippen molar-refractivity contribution in [3.8, 4) is 0 Å². The molecule has 0 aromatic carbocycles. The van der Waals surface area contributed by atoms with Crippen molar-refractivity contribution < 1.29 is 19.1 Å². The molecular weight excluding hydrogens is 332 g/mol. The fourth-order valence-corrected chi connectivity index (χ4v) is 4.05. The number of ether oxygens (including phenoxy) is 1. The molecule has 1 rings (SSSR count). The van der Waals surface area contributed by atoms with Crippen LogP contribution in [0, 0.1) is 5.92 Å². The molecule has 1 N–H and O–H groups in total. The molecule has 25 heavy (non-hydrogen) atoms. The molecule has 1 aliphatic rings. The van der Waals surface area contributed by atoms with Crippen LogP contribution in [0.4, 0.5) is 0 Å². The molecule has 0 aromatic heterocycles. The Morgan fingerprint density at radius 1 is 1.24 bits per heavy atom. The van der Waals surface area contributed by atoms with Gasteiger partial charge in [-0.1, -0.05) is 46.1 Å². The number of esters is 1. The molecule has 146 valence electrons. The molecule has 0 aliphatic heterocycles. The number of hydrogen-bond donors (Lipinski definition) is 1. The Hall–Kier alpha value is -0.653. The van der Waals surface area contributed by atoms with Gasteiger partial charge in [0.25, 0.3) is 0 Å². The van der Waals surface area contributed by atoms with Crippen LogP contribution in [0.5, 0.6) is 0 Å². The van der Waals surface area contributed by atoms with E-state index in [4.69, 9.17) is 9.16 Å². The lowest BCUT2D eigenvalue weighted by Gasteiger charge is -2.36. The number of carbonyl (C=O) groups excluding carboxylic acids is 1. The van der Waals surface area contributed by atoms with Gasteiger partial charge in [0.05, 0.1) is 18.3 Å². The van der Waals surface area contributed by atoms with E-state index < -0.39 is 14.4 Å². The van der Waals surface area contributed by atoms with E-state index in [1.165, 1.54) is 6.42 Å². The van der Waals surface area contributed by atoms with E-state index >= 15 is 0 Å². The van der Waals surface area contributed by atoms with Crippen molar-refractivity contribution in [2.24, 2.45) is 5.92 Å². The maximum Gasteiger partial charge on any atom is 0.336 e. The summed E-state index contributed by atoms with van der Waals surface area (Å²) >= 11 is 0. The minimum atomic E-state index is -1.79. The molecule has 0 heterocycles. The van der Waals surface area contributed by atoms with Gasteiger partial charge in [0, 0.05) is 6.61 Å². The highest BCUT2D eigenvalue weighted by Gasteiger charge is 2.37. The molecule has 1 fully saturated rings. The Labute approximate surface area is 155 Å². The Kier molecular flexibility index (Phi) is 8.85. The molecule has 1 unspecified atom stereocenters. The Morgan fingerprint density at radius 3 is 2.36 bits per heavy atom. The van der Waals surface area contributed by atoms with Crippen LogP contribution in [-0.2, 0) is 14.0 Å². The quantitative estimate of drug-likeness (QED) is 0.288. The van der Waals surface area contributed by atoms with Crippen molar-refractivity contribution in [2.45, 2.75) is 90.5 Å². The van der Waals surface area contributed by atoms with E-state index in [1.54, 1.807) is 6.92 Å². The van der Waals surface area contributed by atoms with Crippen molar-refractivity contribution in [2.75, 3.05) is 13.2 Å². The number of hydrogen-bond acceptors (Lipinski definition) is 4. The maximum absolute atomic E-state index is 12.3. The summed E-state index contributed by atoms with van der Waals surface area (Å²) in [4.78, 5) is 12.3. The van der Waals surface area contributed by atoms with Gasteiger partial charge in [-0.15, -0.1) is 0 Å². The summed E-state index contributed by atoms with van der Waals surface area (Å²) in [6.07, 6.45) is 7.21. The molecule has 0 saturated heterocycles. The van der Waals surface area contributed by atoms with Gasteiger partial charge in [-0.3, -0.25) is 0 Å². The highest BCUT2D eigenvalue weighted by Crippen LogP contribution is 2.36. The van der Waals surface area contributed by atoms with E-state index in [0.29, 0.717) is 25.2 Å². The predicted octanol–water partition coefficient (Wildman–Crippen LogP) is 4.83. The molecule has 0 spiro atoms. The van der Waals surface area contributed by atoms with E-state index in [0.717, 1.165) is 25.7 Å². The summed E-state index contributed by atoms with van der Waals surface area (Å²) in [5.74, 6) is -0.210. The first-order valence-electron chi connectivity index (χ1n) is 9.79. The third-order valence-corrected chi connectivity index (χ3v) is 10.2. The maximum atomic E-state index is 12.3. The zero-order valence-electron chi connectivity index (χ0n) is 17.1. The lowest BCUT2D eigenvalue weighted by Crippen LogP contribution is -2.40. The zero-order chi connectivity index (χ0) is 19.1. The summed E-state index contributed by atoms with van der Waals surface area (Å²) in [5, 5.41) is 10.9. The second-order valence-electron chi connectivity index (χ2n) is 8.62. The summed E-state index contributed by atoms with van der Waals surface area (Å²) < 4.78 is 11.3. The normalized spacial score (nSPS) is 18.9. The summed E-state index contributed by atoms with van der Waals surface area (Å²) in [6, 6.07) is 0. The van der Waals surface area contributed by atoms with Crippen LogP contribution in [0.1, 0.15) is 66.2 Å². The van der Waals surface area contributed by atoms with Crippen LogP contribution < -0.4 is 0 Å². The minimum absolute atomic E-state index is 0.169. The van der Waals surface area contributed by atoms with Gasteiger partial charge in [-0.25, -0.2) is 4.79 Å². The van der Waals surface area contributed by atoms with Crippen molar-refractivity contribution >= 4 is 14.3 Å². The molecule has 0 radical (unpaired) electrons. The lowest BCUT2D eigenvalue weighted by atomic mass is 9.82. The van der Waals surface area contributed by atoms with Gasteiger partial charge < -0.3 is 14.3 Å². The van der Waals surface area contributed by atoms with Crippen LogP contribution >= 0.6 is 0 Å². The SMILES string of the molecule is CCOC(=O)/C(=C/CCO[Si](C)(C)C(C)(C)C)C(O)C1CCCCC1. The molecule has 0 aromatic rings. The summed E-state index contributed by atoms with van der Waals surface area (Å²) in [7, 11) is -1.79. The van der Waals surface area contributed by atoms with E-state index in [1.807, 2.05) is 6.08 Å². The number of rotatable bonds is 8. The first-order chi connectivity index (χ1) is 11.6. The van der Waals surface area contributed by atoms with Crippen LogP contribution in [0.25, 0.3) is 0 Å². The van der Waals surface area contributed by atoms with E-state index in [-0.39, 0.29) is 16.9 Å². The first-order valence-corrected chi connectivity index (χ1v) is 12.7. The largest absolute Gasteiger partial charge is 0.463 e. The molecule has 1 aliphatic carbocycles. The van der Waals surface area contributed by atoms with Crippen LogP contribution in [0.2, 0.25) is 18.1 Å². The zero-order valence-corrected chi connectivity index (χ0v) is 18.1. The number of aliphatic hydroxyl groups is 1. The third-order valence-electron chi connectivity index (χ3n) is 5.68. The summed E-state index contributed by atoms with van der Waals surface area (Å²) in [5.41, 5.74) is 0.424. The average molecular weight is 371 g/mol. The Bertz CT molecular complexity index is 445. The molecule has 1 saturated carbocycles. The first kappa shape index (κ1) is 22.4. The monoisotopic (exact) mass is 370 g/mol. The Morgan fingerprint density at radius 2 is 1.84 bits per heavy atom. The summed E-state index contributed by atoms with van der Waals surface area (Å²) in [6.45, 7) is 13.8. The van der Waals surface area contributed by atoms with E-state index in [9.17, 15) is 9.90 Å². The van der Waals surface area contributed by atoms with Crippen molar-refractivity contribution in [3.05, 3.63) is 11.6 Å². The van der Waals surface area contributed by atoms with Gasteiger partial charge in [0.1, 0.15) is 0 Å². The topological polar surface area (TPSA) is 55.8 Å². The van der Waals surface area contributed by atoms with E-state index in [2.05, 4.69) is 33.9 Å². The molecule has 4 nitrogen and oxygen atoms in total.